The van der Waals surface area contributed by atoms with E-state index in [2.05, 4.69) is 13.8 Å². The molecule has 2 heteroatoms. The third kappa shape index (κ3) is 62.6. The maximum Gasteiger partial charge on any atom is 0.0431 e. The zero-order valence-electron chi connectivity index (χ0n) is 41.1. The van der Waals surface area contributed by atoms with E-state index >= 15 is 0 Å². The van der Waals surface area contributed by atoms with Gasteiger partial charge in [-0.1, -0.05) is 335 Å². The van der Waals surface area contributed by atoms with Gasteiger partial charge in [0.15, 0.2) is 0 Å². The van der Waals surface area contributed by atoms with Crippen LogP contribution >= 0.6 is 0 Å². The summed E-state index contributed by atoms with van der Waals surface area (Å²) in [5.74, 6) is 0. The number of aliphatic hydroxyl groups excluding tert-OH is 2. The Hall–Kier alpha value is -0.0800. The van der Waals surface area contributed by atoms with E-state index in [1.54, 1.807) is 0 Å². The number of unbranched alkanes of at least 4 members (excludes halogenated alkanes) is 50. The summed E-state index contributed by atoms with van der Waals surface area (Å²) < 4.78 is 0. The molecule has 58 heavy (non-hydrogen) atoms. The topological polar surface area (TPSA) is 40.5 Å². The van der Waals surface area contributed by atoms with Crippen LogP contribution in [0.2, 0.25) is 0 Å². The lowest BCUT2D eigenvalue weighted by Gasteiger charge is -2.04. The van der Waals surface area contributed by atoms with Gasteiger partial charge in [-0.25, -0.2) is 0 Å². The van der Waals surface area contributed by atoms with E-state index in [4.69, 9.17) is 10.2 Å². The summed E-state index contributed by atoms with van der Waals surface area (Å²) in [6.07, 6.45) is 74.2. The largest absolute Gasteiger partial charge is 0.396 e. The lowest BCUT2D eigenvalue weighted by Crippen LogP contribution is -1.85. The van der Waals surface area contributed by atoms with Crippen LogP contribution in [-0.2, 0) is 0 Å². The summed E-state index contributed by atoms with van der Waals surface area (Å²) in [5.41, 5.74) is 0. The first-order valence-electron chi connectivity index (χ1n) is 28.0. The van der Waals surface area contributed by atoms with Gasteiger partial charge in [-0.15, -0.1) is 0 Å². The molecule has 0 rings (SSSR count). The van der Waals surface area contributed by atoms with Crippen molar-refractivity contribution < 1.29 is 10.2 Å². The average molecular weight is 822 g/mol. The number of hydrogen-bond acceptors (Lipinski definition) is 2. The standard InChI is InChI=1S/2C28H58O/c2*1-2-3-4-5-6-7-8-9-10-11-12-13-14-15-16-17-18-19-20-21-22-23-24-25-26-27-28-29/h2*29H,2-28H2,1H3. The van der Waals surface area contributed by atoms with Crippen LogP contribution in [0.4, 0.5) is 0 Å². The summed E-state index contributed by atoms with van der Waals surface area (Å²) in [4.78, 5) is 0. The van der Waals surface area contributed by atoms with Gasteiger partial charge in [-0.3, -0.25) is 0 Å². The molecule has 0 atom stereocenters. The SMILES string of the molecule is CCCCCCCCCCCCCCCCCCCCCCCCCCCCO.CCCCCCCCCCCCCCCCCCCCCCCCCCCCO. The molecule has 0 bridgehead atoms. The lowest BCUT2D eigenvalue weighted by molar-refractivity contribution is 0.282. The first-order chi connectivity index (χ1) is 28.8. The zero-order valence-corrected chi connectivity index (χ0v) is 41.1. The smallest absolute Gasteiger partial charge is 0.0431 e. The molecule has 0 aliphatic heterocycles. The van der Waals surface area contributed by atoms with Crippen molar-refractivity contribution in [1.82, 2.24) is 0 Å². The second-order valence-corrected chi connectivity index (χ2v) is 19.1. The number of rotatable bonds is 52. The van der Waals surface area contributed by atoms with E-state index in [-0.39, 0.29) is 0 Å². The van der Waals surface area contributed by atoms with E-state index in [1.165, 1.54) is 321 Å². The molecule has 2 N–H and O–H groups in total. The van der Waals surface area contributed by atoms with E-state index in [0.29, 0.717) is 13.2 Å². The normalized spacial score (nSPS) is 11.4. The molecule has 0 heterocycles. The van der Waals surface area contributed by atoms with Crippen LogP contribution in [-0.4, -0.2) is 23.4 Å². The monoisotopic (exact) mass is 821 g/mol. The van der Waals surface area contributed by atoms with Crippen LogP contribution in [0.3, 0.4) is 0 Å². The highest BCUT2D eigenvalue weighted by Gasteiger charge is 1.98. The molecular formula is C56H116O2. The Morgan fingerprint density at radius 2 is 0.224 bits per heavy atom. The van der Waals surface area contributed by atoms with Crippen LogP contribution in [0.1, 0.15) is 348 Å². The van der Waals surface area contributed by atoms with Crippen LogP contribution in [0.15, 0.2) is 0 Å². The molecule has 352 valence electrons. The molecule has 0 fully saturated rings. The second-order valence-electron chi connectivity index (χ2n) is 19.1. The van der Waals surface area contributed by atoms with Crippen LogP contribution in [0, 0.1) is 0 Å². The van der Waals surface area contributed by atoms with Gasteiger partial charge in [0.05, 0.1) is 0 Å². The van der Waals surface area contributed by atoms with Crippen LogP contribution in [0.25, 0.3) is 0 Å². The molecule has 0 radical (unpaired) electrons. The van der Waals surface area contributed by atoms with Crippen molar-refractivity contribution in [2.24, 2.45) is 0 Å². The van der Waals surface area contributed by atoms with Crippen LogP contribution in [0.5, 0.6) is 0 Å². The molecule has 2 nitrogen and oxygen atoms in total. The Bertz CT molecular complexity index is 528. The van der Waals surface area contributed by atoms with Gasteiger partial charge < -0.3 is 10.2 Å². The van der Waals surface area contributed by atoms with E-state index < -0.39 is 0 Å². The summed E-state index contributed by atoms with van der Waals surface area (Å²) in [6.45, 7) is 5.35. The molecule has 0 saturated carbocycles. The molecule has 0 aromatic heterocycles. The Labute approximate surface area is 369 Å². The minimum Gasteiger partial charge on any atom is -0.396 e. The molecule has 0 amide bonds. The van der Waals surface area contributed by atoms with Crippen molar-refractivity contribution in [3.63, 3.8) is 0 Å². The van der Waals surface area contributed by atoms with Crippen molar-refractivity contribution in [2.45, 2.75) is 348 Å². The van der Waals surface area contributed by atoms with Crippen molar-refractivity contribution in [3.05, 3.63) is 0 Å². The van der Waals surface area contributed by atoms with E-state index in [0.717, 1.165) is 12.8 Å². The van der Waals surface area contributed by atoms with Crippen molar-refractivity contribution >= 4 is 0 Å². The van der Waals surface area contributed by atoms with Gasteiger partial charge in [-0.2, -0.15) is 0 Å². The molecule has 0 saturated heterocycles. The zero-order chi connectivity index (χ0) is 42.2. The summed E-state index contributed by atoms with van der Waals surface area (Å²) in [7, 11) is 0. The van der Waals surface area contributed by atoms with Gasteiger partial charge in [0.2, 0.25) is 0 Å². The first-order valence-corrected chi connectivity index (χ1v) is 28.0. The highest BCUT2D eigenvalue weighted by molar-refractivity contribution is 4.54. The molecule has 0 aliphatic rings. The minimum absolute atomic E-state index is 0.374. The maximum atomic E-state index is 8.75. The van der Waals surface area contributed by atoms with Gasteiger partial charge in [0, 0.05) is 13.2 Å². The Balaban J connectivity index is 0. The summed E-state index contributed by atoms with van der Waals surface area (Å²) >= 11 is 0. The summed E-state index contributed by atoms with van der Waals surface area (Å²) in [6, 6.07) is 0. The second kappa shape index (κ2) is 61.2. The number of aliphatic hydroxyl groups is 2. The lowest BCUT2D eigenvalue weighted by atomic mass is 10.0. The van der Waals surface area contributed by atoms with Crippen molar-refractivity contribution in [1.29, 1.82) is 0 Å². The van der Waals surface area contributed by atoms with Crippen LogP contribution < -0.4 is 0 Å². The quantitative estimate of drug-likeness (QED) is 0.0600. The van der Waals surface area contributed by atoms with Crippen molar-refractivity contribution in [2.75, 3.05) is 13.2 Å². The fourth-order valence-electron chi connectivity index (χ4n) is 8.86. The van der Waals surface area contributed by atoms with Gasteiger partial charge >= 0.3 is 0 Å². The molecule has 0 aliphatic carbocycles. The summed E-state index contributed by atoms with van der Waals surface area (Å²) in [5, 5.41) is 17.5. The van der Waals surface area contributed by atoms with E-state index in [9.17, 15) is 0 Å². The van der Waals surface area contributed by atoms with Gasteiger partial charge in [0.1, 0.15) is 0 Å². The first kappa shape index (κ1) is 60.0. The molecule has 0 aromatic carbocycles. The minimum atomic E-state index is 0.374. The Kier molecular flexibility index (Phi) is 63.3. The predicted octanol–water partition coefficient (Wildman–Crippen LogP) is 20.3. The molecule has 0 unspecified atom stereocenters. The van der Waals surface area contributed by atoms with Crippen molar-refractivity contribution in [3.8, 4) is 0 Å². The van der Waals surface area contributed by atoms with E-state index in [1.807, 2.05) is 0 Å². The Morgan fingerprint density at radius 3 is 0.310 bits per heavy atom. The highest BCUT2D eigenvalue weighted by Crippen LogP contribution is 2.18. The highest BCUT2D eigenvalue weighted by atomic mass is 16.3. The molecule has 0 spiro atoms. The third-order valence-corrected chi connectivity index (χ3v) is 13.0. The average Bonchev–Trinajstić information content (AvgIpc) is 3.24. The number of hydrogen-bond donors (Lipinski definition) is 2. The molecule has 0 aromatic rings. The Morgan fingerprint density at radius 1 is 0.138 bits per heavy atom. The maximum absolute atomic E-state index is 8.75. The van der Waals surface area contributed by atoms with Gasteiger partial charge in [0.25, 0.3) is 0 Å². The predicted molar refractivity (Wildman–Crippen MR) is 266 cm³/mol. The molecular weight excluding hydrogens is 705 g/mol. The fraction of sp³-hybridized carbons (Fsp3) is 1.00. The third-order valence-electron chi connectivity index (χ3n) is 13.0. The fourth-order valence-corrected chi connectivity index (χ4v) is 8.86. The van der Waals surface area contributed by atoms with Gasteiger partial charge in [-0.05, 0) is 12.8 Å².